The Bertz CT molecular complexity index is 292. The van der Waals surface area contributed by atoms with Crippen LogP contribution < -0.4 is 0 Å². The van der Waals surface area contributed by atoms with Crippen LogP contribution >= 0.6 is 23.2 Å². The van der Waals surface area contributed by atoms with Crippen molar-refractivity contribution in [2.45, 2.75) is 33.1 Å². The second kappa shape index (κ2) is 4.88. The van der Waals surface area contributed by atoms with Gasteiger partial charge < -0.3 is 0 Å². The summed E-state index contributed by atoms with van der Waals surface area (Å²) in [4.78, 5) is 0. The van der Waals surface area contributed by atoms with E-state index in [0.29, 0.717) is 0 Å². The summed E-state index contributed by atoms with van der Waals surface area (Å²) < 4.78 is 0. The quantitative estimate of drug-likeness (QED) is 0.691. The first-order valence-electron chi connectivity index (χ1n) is 4.59. The number of unbranched alkanes of at least 4 members (excludes halogenated alkanes) is 1. The number of rotatable bonds is 3. The van der Waals surface area contributed by atoms with Crippen molar-refractivity contribution in [1.29, 1.82) is 0 Å². The highest BCUT2D eigenvalue weighted by Crippen LogP contribution is 2.26. The van der Waals surface area contributed by atoms with Gasteiger partial charge in [-0.05, 0) is 43.0 Å². The van der Waals surface area contributed by atoms with Gasteiger partial charge in [0.25, 0.3) is 0 Å². The van der Waals surface area contributed by atoms with Gasteiger partial charge in [-0.25, -0.2) is 0 Å². The maximum Gasteiger partial charge on any atom is 0.0468 e. The molecular weight excluding hydrogens is 203 g/mol. The lowest BCUT2D eigenvalue weighted by atomic mass is 10.1. The Balaban J connectivity index is 2.92. The van der Waals surface area contributed by atoms with Crippen LogP contribution in [0.3, 0.4) is 0 Å². The maximum atomic E-state index is 6.14. The lowest BCUT2D eigenvalue weighted by Gasteiger charge is -2.06. The van der Waals surface area contributed by atoms with Crippen molar-refractivity contribution in [3.05, 3.63) is 33.3 Å². The Morgan fingerprint density at radius 2 is 1.92 bits per heavy atom. The van der Waals surface area contributed by atoms with Crippen molar-refractivity contribution in [3.63, 3.8) is 0 Å². The predicted molar refractivity (Wildman–Crippen MR) is 59.8 cm³/mol. The van der Waals surface area contributed by atoms with Crippen molar-refractivity contribution in [1.82, 2.24) is 0 Å². The lowest BCUT2D eigenvalue weighted by molar-refractivity contribution is 0.795. The van der Waals surface area contributed by atoms with Gasteiger partial charge in [0.1, 0.15) is 0 Å². The van der Waals surface area contributed by atoms with Crippen LogP contribution in [0.15, 0.2) is 12.1 Å². The minimum Gasteiger partial charge on any atom is -0.0843 e. The van der Waals surface area contributed by atoms with Gasteiger partial charge in [-0.2, -0.15) is 0 Å². The monoisotopic (exact) mass is 216 g/mol. The molecule has 0 nitrogen and oxygen atoms in total. The van der Waals surface area contributed by atoms with E-state index in [0.717, 1.165) is 22.0 Å². The minimum absolute atomic E-state index is 0.785. The summed E-state index contributed by atoms with van der Waals surface area (Å²) in [5.41, 5.74) is 2.24. The summed E-state index contributed by atoms with van der Waals surface area (Å²) in [6.45, 7) is 4.16. The molecule has 0 bridgehead atoms. The van der Waals surface area contributed by atoms with Crippen LogP contribution in [0.1, 0.15) is 30.9 Å². The summed E-state index contributed by atoms with van der Waals surface area (Å²) >= 11 is 12.1. The van der Waals surface area contributed by atoms with E-state index in [1.54, 1.807) is 0 Å². The van der Waals surface area contributed by atoms with Gasteiger partial charge in [-0.15, -0.1) is 0 Å². The SMILES string of the molecule is CCCCc1cc(Cl)cc(C)c1Cl. The van der Waals surface area contributed by atoms with Crippen LogP contribution in [0.5, 0.6) is 0 Å². The molecule has 0 spiro atoms. The Morgan fingerprint density at radius 3 is 2.54 bits per heavy atom. The van der Waals surface area contributed by atoms with Crippen LogP contribution in [-0.2, 0) is 6.42 Å². The summed E-state index contributed by atoms with van der Waals surface area (Å²) in [6.07, 6.45) is 3.37. The van der Waals surface area contributed by atoms with Crippen molar-refractivity contribution in [2.24, 2.45) is 0 Å². The molecule has 1 aromatic carbocycles. The number of hydrogen-bond acceptors (Lipinski definition) is 0. The topological polar surface area (TPSA) is 0 Å². The average Bonchev–Trinajstić information content (AvgIpc) is 2.09. The molecule has 0 amide bonds. The van der Waals surface area contributed by atoms with Crippen molar-refractivity contribution < 1.29 is 0 Å². The van der Waals surface area contributed by atoms with E-state index in [2.05, 4.69) is 6.92 Å². The molecule has 1 aromatic rings. The van der Waals surface area contributed by atoms with E-state index < -0.39 is 0 Å². The van der Waals surface area contributed by atoms with Gasteiger partial charge in [-0.3, -0.25) is 0 Å². The Hall–Kier alpha value is -0.200. The number of benzene rings is 1. The highest BCUT2D eigenvalue weighted by atomic mass is 35.5. The molecule has 0 saturated carbocycles. The van der Waals surface area contributed by atoms with Gasteiger partial charge in [0.05, 0.1) is 0 Å². The molecule has 0 heterocycles. The van der Waals surface area contributed by atoms with E-state index in [4.69, 9.17) is 23.2 Å². The third kappa shape index (κ3) is 2.89. The standard InChI is InChI=1S/C11H14Cl2/c1-3-4-5-9-7-10(12)6-8(2)11(9)13/h6-7H,3-5H2,1-2H3. The molecule has 0 unspecified atom stereocenters. The number of hydrogen-bond donors (Lipinski definition) is 0. The van der Waals surface area contributed by atoms with E-state index in [1.807, 2.05) is 19.1 Å². The zero-order valence-corrected chi connectivity index (χ0v) is 9.54. The minimum atomic E-state index is 0.785. The third-order valence-corrected chi connectivity index (χ3v) is 2.85. The van der Waals surface area contributed by atoms with Gasteiger partial charge in [-0.1, -0.05) is 36.5 Å². The van der Waals surface area contributed by atoms with Crippen LogP contribution in [0.2, 0.25) is 10.0 Å². The first kappa shape index (κ1) is 10.9. The van der Waals surface area contributed by atoms with E-state index >= 15 is 0 Å². The molecule has 0 aliphatic heterocycles. The van der Waals surface area contributed by atoms with Crippen LogP contribution in [0.4, 0.5) is 0 Å². The molecule has 1 rings (SSSR count). The molecule has 0 atom stereocenters. The van der Waals surface area contributed by atoms with Gasteiger partial charge in [0.2, 0.25) is 0 Å². The van der Waals surface area contributed by atoms with Crippen LogP contribution in [0, 0.1) is 6.92 Å². The molecule has 0 aliphatic carbocycles. The highest BCUT2D eigenvalue weighted by molar-refractivity contribution is 6.34. The Kier molecular flexibility index (Phi) is 4.08. The fraction of sp³-hybridized carbons (Fsp3) is 0.455. The normalized spacial score (nSPS) is 10.5. The Morgan fingerprint density at radius 1 is 1.23 bits per heavy atom. The maximum absolute atomic E-state index is 6.14. The molecule has 0 radical (unpaired) electrons. The van der Waals surface area contributed by atoms with E-state index in [1.165, 1.54) is 18.4 Å². The van der Waals surface area contributed by atoms with Crippen LogP contribution in [-0.4, -0.2) is 0 Å². The third-order valence-electron chi connectivity index (χ3n) is 2.09. The average molecular weight is 217 g/mol. The molecule has 13 heavy (non-hydrogen) atoms. The summed E-state index contributed by atoms with van der Waals surface area (Å²) in [7, 11) is 0. The zero-order valence-electron chi connectivity index (χ0n) is 8.03. The Labute approximate surface area is 89.9 Å². The van der Waals surface area contributed by atoms with Crippen molar-refractivity contribution in [3.8, 4) is 0 Å². The first-order valence-corrected chi connectivity index (χ1v) is 5.35. The first-order chi connectivity index (χ1) is 6.15. The second-order valence-electron chi connectivity index (χ2n) is 3.30. The molecule has 0 N–H and O–H groups in total. The van der Waals surface area contributed by atoms with Gasteiger partial charge in [0.15, 0.2) is 0 Å². The van der Waals surface area contributed by atoms with Gasteiger partial charge in [0, 0.05) is 10.0 Å². The second-order valence-corrected chi connectivity index (χ2v) is 4.11. The molecule has 2 heteroatoms. The fourth-order valence-corrected chi connectivity index (χ4v) is 1.84. The number of halogens is 2. The van der Waals surface area contributed by atoms with Gasteiger partial charge >= 0.3 is 0 Å². The highest BCUT2D eigenvalue weighted by Gasteiger charge is 2.04. The van der Waals surface area contributed by atoms with Crippen LogP contribution in [0.25, 0.3) is 0 Å². The number of aryl methyl sites for hydroxylation is 2. The predicted octanol–water partition coefficient (Wildman–Crippen LogP) is 4.64. The fourth-order valence-electron chi connectivity index (χ4n) is 1.34. The van der Waals surface area contributed by atoms with E-state index in [9.17, 15) is 0 Å². The van der Waals surface area contributed by atoms with Crippen molar-refractivity contribution >= 4 is 23.2 Å². The molecule has 0 aliphatic rings. The molecule has 0 aromatic heterocycles. The largest absolute Gasteiger partial charge is 0.0843 e. The smallest absolute Gasteiger partial charge is 0.0468 e. The molecule has 72 valence electrons. The summed E-state index contributed by atoms with van der Waals surface area (Å²) in [6, 6.07) is 3.87. The molecular formula is C11H14Cl2. The molecule has 0 fully saturated rings. The summed E-state index contributed by atoms with van der Waals surface area (Å²) in [5.74, 6) is 0. The van der Waals surface area contributed by atoms with E-state index in [-0.39, 0.29) is 0 Å². The summed E-state index contributed by atoms with van der Waals surface area (Å²) in [5, 5.41) is 1.66. The zero-order chi connectivity index (χ0) is 9.84. The lowest BCUT2D eigenvalue weighted by Crippen LogP contribution is -1.89. The van der Waals surface area contributed by atoms with Crippen molar-refractivity contribution in [2.75, 3.05) is 0 Å². The molecule has 0 saturated heterocycles.